The fraction of sp³-hybridized carbons (Fsp3) is 0.200. The monoisotopic (exact) mass is 432 g/mol. The zero-order valence-electron chi connectivity index (χ0n) is 16.1. The van der Waals surface area contributed by atoms with Crippen molar-refractivity contribution in [3.63, 3.8) is 0 Å². The summed E-state index contributed by atoms with van der Waals surface area (Å²) in [6, 6.07) is 6.30. The van der Waals surface area contributed by atoms with E-state index in [9.17, 15) is 18.4 Å². The standard InChI is InChI=1S/C20H18F2N4O3S/c1-3-20(2,19-23-9-10-30-19)26-18(28)17(27)25-12-7-8-15(24-11-12)29-14-6-4-5-13(21)16(14)22/h4-11H,3H2,1-2H3,(H,25,27)(H,26,28)/t20-/m0/s1. The van der Waals surface area contributed by atoms with Gasteiger partial charge in [-0.1, -0.05) is 13.0 Å². The van der Waals surface area contributed by atoms with Crippen LogP contribution in [0.1, 0.15) is 25.3 Å². The van der Waals surface area contributed by atoms with Gasteiger partial charge < -0.3 is 15.4 Å². The molecule has 0 spiro atoms. The number of amides is 2. The van der Waals surface area contributed by atoms with E-state index in [4.69, 9.17) is 4.74 Å². The summed E-state index contributed by atoms with van der Waals surface area (Å²) in [7, 11) is 0. The van der Waals surface area contributed by atoms with Crippen molar-refractivity contribution in [1.29, 1.82) is 0 Å². The molecule has 1 atom stereocenters. The Morgan fingerprint density at radius 1 is 1.17 bits per heavy atom. The number of anilines is 1. The normalized spacial score (nSPS) is 12.7. The molecule has 0 bridgehead atoms. The van der Waals surface area contributed by atoms with Crippen molar-refractivity contribution < 1.29 is 23.1 Å². The smallest absolute Gasteiger partial charge is 0.313 e. The Morgan fingerprint density at radius 2 is 1.97 bits per heavy atom. The lowest BCUT2D eigenvalue weighted by molar-refractivity contribution is -0.137. The van der Waals surface area contributed by atoms with Crippen molar-refractivity contribution in [1.82, 2.24) is 15.3 Å². The van der Waals surface area contributed by atoms with E-state index in [1.807, 2.05) is 6.92 Å². The van der Waals surface area contributed by atoms with Gasteiger partial charge in [0, 0.05) is 17.6 Å². The molecular formula is C20H18F2N4O3S. The van der Waals surface area contributed by atoms with Crippen molar-refractivity contribution >= 4 is 28.8 Å². The van der Waals surface area contributed by atoms with Gasteiger partial charge in [0.25, 0.3) is 0 Å². The quantitative estimate of drug-likeness (QED) is 0.575. The summed E-state index contributed by atoms with van der Waals surface area (Å²) >= 11 is 1.38. The van der Waals surface area contributed by atoms with Gasteiger partial charge in [-0.05, 0) is 31.5 Å². The molecule has 156 valence electrons. The van der Waals surface area contributed by atoms with Crippen molar-refractivity contribution in [3.8, 4) is 11.6 Å². The lowest BCUT2D eigenvalue weighted by Gasteiger charge is -2.26. The Kier molecular flexibility index (Phi) is 6.36. The van der Waals surface area contributed by atoms with Gasteiger partial charge >= 0.3 is 11.8 Å². The highest BCUT2D eigenvalue weighted by molar-refractivity contribution is 7.09. The number of halogens is 2. The molecule has 7 nitrogen and oxygen atoms in total. The minimum absolute atomic E-state index is 0.00993. The molecule has 0 saturated carbocycles. The van der Waals surface area contributed by atoms with Crippen LogP contribution < -0.4 is 15.4 Å². The van der Waals surface area contributed by atoms with Crippen LogP contribution in [0, 0.1) is 11.6 Å². The first-order valence-electron chi connectivity index (χ1n) is 8.94. The second-order valence-corrected chi connectivity index (χ2v) is 7.36. The summed E-state index contributed by atoms with van der Waals surface area (Å²) in [5.41, 5.74) is -0.539. The van der Waals surface area contributed by atoms with E-state index in [-0.39, 0.29) is 17.3 Å². The maximum absolute atomic E-state index is 13.7. The molecule has 30 heavy (non-hydrogen) atoms. The predicted molar refractivity (Wildman–Crippen MR) is 107 cm³/mol. The topological polar surface area (TPSA) is 93.2 Å². The fourth-order valence-electron chi connectivity index (χ4n) is 2.47. The summed E-state index contributed by atoms with van der Waals surface area (Å²) in [6.07, 6.45) is 3.41. The summed E-state index contributed by atoms with van der Waals surface area (Å²) in [5.74, 6) is -4.20. The van der Waals surface area contributed by atoms with Crippen LogP contribution in [0.5, 0.6) is 11.6 Å². The van der Waals surface area contributed by atoms with Crippen LogP contribution in [0.4, 0.5) is 14.5 Å². The first-order valence-corrected chi connectivity index (χ1v) is 9.81. The molecule has 0 aliphatic carbocycles. The molecule has 0 aliphatic rings. The van der Waals surface area contributed by atoms with Crippen LogP contribution in [-0.4, -0.2) is 21.8 Å². The number of rotatable bonds is 6. The second-order valence-electron chi connectivity index (χ2n) is 6.47. The Bertz CT molecular complexity index is 1040. The van der Waals surface area contributed by atoms with E-state index in [2.05, 4.69) is 20.6 Å². The fourth-order valence-corrected chi connectivity index (χ4v) is 3.30. The molecule has 3 aromatic rings. The molecule has 2 heterocycles. The number of nitrogens with one attached hydrogen (secondary N) is 2. The van der Waals surface area contributed by atoms with E-state index in [1.54, 1.807) is 18.5 Å². The Morgan fingerprint density at radius 3 is 2.60 bits per heavy atom. The number of hydrogen-bond acceptors (Lipinski definition) is 6. The maximum atomic E-state index is 13.7. The van der Waals surface area contributed by atoms with E-state index >= 15 is 0 Å². The van der Waals surface area contributed by atoms with Gasteiger partial charge in [0.2, 0.25) is 11.7 Å². The minimum Gasteiger partial charge on any atom is -0.436 e. The number of benzene rings is 1. The largest absolute Gasteiger partial charge is 0.436 e. The highest BCUT2D eigenvalue weighted by Gasteiger charge is 2.31. The van der Waals surface area contributed by atoms with Crippen LogP contribution in [0.25, 0.3) is 0 Å². The number of hydrogen-bond donors (Lipinski definition) is 2. The Labute approximate surface area is 175 Å². The van der Waals surface area contributed by atoms with Gasteiger partial charge in [-0.2, -0.15) is 4.39 Å². The molecule has 2 N–H and O–H groups in total. The lowest BCUT2D eigenvalue weighted by atomic mass is 10.00. The molecule has 10 heteroatoms. The lowest BCUT2D eigenvalue weighted by Crippen LogP contribution is -2.47. The molecular weight excluding hydrogens is 414 g/mol. The van der Waals surface area contributed by atoms with Gasteiger partial charge in [-0.3, -0.25) is 9.59 Å². The van der Waals surface area contributed by atoms with Crippen molar-refractivity contribution in [2.75, 3.05) is 5.32 Å². The molecule has 0 aliphatic heterocycles. The van der Waals surface area contributed by atoms with Crippen LogP contribution >= 0.6 is 11.3 Å². The van der Waals surface area contributed by atoms with Crippen LogP contribution in [0.3, 0.4) is 0 Å². The minimum atomic E-state index is -1.13. The molecule has 0 radical (unpaired) electrons. The third-order valence-corrected chi connectivity index (χ3v) is 5.37. The van der Waals surface area contributed by atoms with Crippen molar-refractivity contribution in [3.05, 3.63) is 64.7 Å². The van der Waals surface area contributed by atoms with Crippen LogP contribution in [0.2, 0.25) is 0 Å². The molecule has 1 aromatic carbocycles. The summed E-state index contributed by atoms with van der Waals surface area (Å²) in [4.78, 5) is 32.7. The maximum Gasteiger partial charge on any atom is 0.313 e. The van der Waals surface area contributed by atoms with Gasteiger partial charge in [0.05, 0.1) is 17.4 Å². The van der Waals surface area contributed by atoms with E-state index in [1.165, 1.54) is 41.8 Å². The average molecular weight is 432 g/mol. The molecule has 0 fully saturated rings. The van der Waals surface area contributed by atoms with Gasteiger partial charge in [0.1, 0.15) is 5.01 Å². The van der Waals surface area contributed by atoms with Crippen molar-refractivity contribution in [2.24, 2.45) is 0 Å². The van der Waals surface area contributed by atoms with Gasteiger partial charge in [-0.25, -0.2) is 14.4 Å². The molecule has 2 aromatic heterocycles. The molecule has 2 amide bonds. The van der Waals surface area contributed by atoms with Crippen molar-refractivity contribution in [2.45, 2.75) is 25.8 Å². The summed E-state index contributed by atoms with van der Waals surface area (Å²) in [5, 5.41) is 7.61. The number of aromatic nitrogens is 2. The van der Waals surface area contributed by atoms with Crippen LogP contribution in [0.15, 0.2) is 48.1 Å². The second kappa shape index (κ2) is 8.95. The molecule has 3 rings (SSSR count). The highest BCUT2D eigenvalue weighted by atomic mass is 32.1. The summed E-state index contributed by atoms with van der Waals surface area (Å²) in [6.45, 7) is 3.67. The van der Waals surface area contributed by atoms with E-state index in [0.29, 0.717) is 11.4 Å². The average Bonchev–Trinajstić information content (AvgIpc) is 3.28. The molecule has 0 unspecified atom stereocenters. The SMILES string of the molecule is CC[C@](C)(NC(=O)C(=O)Nc1ccc(Oc2cccc(F)c2F)nc1)c1nccs1. The number of thiazole rings is 1. The number of pyridine rings is 1. The van der Waals surface area contributed by atoms with Gasteiger partial charge in [-0.15, -0.1) is 11.3 Å². The first kappa shape index (κ1) is 21.3. The van der Waals surface area contributed by atoms with Crippen LogP contribution in [-0.2, 0) is 15.1 Å². The zero-order valence-corrected chi connectivity index (χ0v) is 16.9. The Balaban J connectivity index is 1.62. The first-order chi connectivity index (χ1) is 14.3. The van der Waals surface area contributed by atoms with Gasteiger partial charge in [0.15, 0.2) is 11.6 Å². The third kappa shape index (κ3) is 4.77. The third-order valence-electron chi connectivity index (χ3n) is 4.33. The number of carbonyl (C=O) groups is 2. The number of carbonyl (C=O) groups excluding carboxylic acids is 2. The highest BCUT2D eigenvalue weighted by Crippen LogP contribution is 2.27. The zero-order chi connectivity index (χ0) is 21.7. The Hall–Kier alpha value is -3.40. The number of nitrogens with zero attached hydrogens (tertiary/aromatic N) is 2. The molecule has 0 saturated heterocycles. The number of ether oxygens (including phenoxy) is 1. The van der Waals surface area contributed by atoms with E-state index < -0.39 is 29.0 Å². The predicted octanol–water partition coefficient (Wildman–Crippen LogP) is 3.99. The summed E-state index contributed by atoms with van der Waals surface area (Å²) < 4.78 is 32.1. The van der Waals surface area contributed by atoms with E-state index in [0.717, 1.165) is 6.07 Å².